The Morgan fingerprint density at radius 2 is 2.16 bits per heavy atom. The summed E-state index contributed by atoms with van der Waals surface area (Å²) in [6.07, 6.45) is 0.612. The molecule has 0 aliphatic carbocycles. The lowest BCUT2D eigenvalue weighted by Gasteiger charge is -2.16. The molecule has 1 aromatic carbocycles. The predicted octanol–water partition coefficient (Wildman–Crippen LogP) is 1.78. The zero-order valence-corrected chi connectivity index (χ0v) is 11.5. The van der Waals surface area contributed by atoms with Crippen molar-refractivity contribution < 1.29 is 9.90 Å². The minimum absolute atomic E-state index is 0.0848. The summed E-state index contributed by atoms with van der Waals surface area (Å²) in [4.78, 5) is 16.7. The number of carbonyl (C=O) groups excluding carboxylic acids is 1. The first-order valence-corrected chi connectivity index (χ1v) is 6.94. The topological polar surface area (TPSA) is 62.2 Å². The molecule has 5 heteroatoms. The van der Waals surface area contributed by atoms with Crippen molar-refractivity contribution >= 4 is 17.2 Å². The van der Waals surface area contributed by atoms with Crippen LogP contribution in [0.2, 0.25) is 0 Å². The summed E-state index contributed by atoms with van der Waals surface area (Å²) in [7, 11) is 0. The van der Waals surface area contributed by atoms with Gasteiger partial charge in [0, 0.05) is 0 Å². The number of rotatable bonds is 5. The quantitative estimate of drug-likeness (QED) is 0.875. The average molecular weight is 276 g/mol. The van der Waals surface area contributed by atoms with Crippen LogP contribution in [0.4, 0.5) is 0 Å². The van der Waals surface area contributed by atoms with E-state index in [1.807, 2.05) is 30.3 Å². The van der Waals surface area contributed by atoms with Crippen molar-refractivity contribution in [2.24, 2.45) is 0 Å². The Bertz CT molecular complexity index is 539. The number of nitrogens with one attached hydrogen (secondary N) is 1. The van der Waals surface area contributed by atoms with Crippen LogP contribution < -0.4 is 5.32 Å². The van der Waals surface area contributed by atoms with Gasteiger partial charge in [0.05, 0.1) is 23.9 Å². The highest BCUT2D eigenvalue weighted by Crippen LogP contribution is 2.12. The van der Waals surface area contributed by atoms with Gasteiger partial charge in [-0.15, -0.1) is 11.3 Å². The van der Waals surface area contributed by atoms with Gasteiger partial charge in [0.15, 0.2) is 0 Å². The van der Waals surface area contributed by atoms with Gasteiger partial charge in [0.2, 0.25) is 0 Å². The molecule has 1 atom stereocenters. The third kappa shape index (κ3) is 3.62. The van der Waals surface area contributed by atoms with Gasteiger partial charge in [0.1, 0.15) is 4.88 Å². The van der Waals surface area contributed by atoms with E-state index >= 15 is 0 Å². The molecule has 0 spiro atoms. The van der Waals surface area contributed by atoms with Gasteiger partial charge in [-0.25, -0.2) is 4.98 Å². The van der Waals surface area contributed by atoms with Crippen LogP contribution in [0, 0.1) is 6.92 Å². The number of aromatic nitrogens is 1. The van der Waals surface area contributed by atoms with Crippen molar-refractivity contribution in [1.29, 1.82) is 0 Å². The number of amides is 1. The molecule has 2 rings (SSSR count). The molecular weight excluding hydrogens is 260 g/mol. The molecule has 0 bridgehead atoms. The summed E-state index contributed by atoms with van der Waals surface area (Å²) >= 11 is 1.31. The van der Waals surface area contributed by atoms with Crippen molar-refractivity contribution in [2.75, 3.05) is 6.61 Å². The van der Waals surface area contributed by atoms with Crippen LogP contribution in [0.5, 0.6) is 0 Å². The first kappa shape index (κ1) is 13.7. The molecule has 19 heavy (non-hydrogen) atoms. The molecule has 0 aliphatic rings. The van der Waals surface area contributed by atoms with E-state index in [2.05, 4.69) is 10.3 Å². The first-order valence-electron chi connectivity index (χ1n) is 6.06. The minimum Gasteiger partial charge on any atom is -0.394 e. The molecule has 0 unspecified atom stereocenters. The molecular formula is C14H16N2O2S. The van der Waals surface area contributed by atoms with E-state index in [9.17, 15) is 9.90 Å². The summed E-state index contributed by atoms with van der Waals surface area (Å²) in [6, 6.07) is 9.50. The number of carbonyl (C=O) groups is 1. The second-order valence-corrected chi connectivity index (χ2v) is 5.16. The van der Waals surface area contributed by atoms with E-state index in [4.69, 9.17) is 0 Å². The number of nitrogens with zero attached hydrogens (tertiary/aromatic N) is 1. The number of aryl methyl sites for hydroxylation is 1. The van der Waals surface area contributed by atoms with Crippen LogP contribution in [0.1, 0.15) is 20.9 Å². The fraction of sp³-hybridized carbons (Fsp3) is 0.286. The van der Waals surface area contributed by atoms with Crippen LogP contribution in [0.15, 0.2) is 35.8 Å². The van der Waals surface area contributed by atoms with Gasteiger partial charge < -0.3 is 10.4 Å². The highest BCUT2D eigenvalue weighted by Gasteiger charge is 2.16. The van der Waals surface area contributed by atoms with E-state index in [-0.39, 0.29) is 18.6 Å². The molecule has 2 aromatic rings. The lowest BCUT2D eigenvalue weighted by molar-refractivity contribution is 0.0920. The fourth-order valence-corrected chi connectivity index (χ4v) is 2.54. The maximum atomic E-state index is 12.0. The number of hydrogen-bond acceptors (Lipinski definition) is 4. The molecule has 2 N–H and O–H groups in total. The van der Waals surface area contributed by atoms with Crippen molar-refractivity contribution in [3.05, 3.63) is 52.0 Å². The molecule has 1 aromatic heterocycles. The Labute approximate surface area is 116 Å². The van der Waals surface area contributed by atoms with E-state index in [0.717, 1.165) is 11.3 Å². The molecule has 1 amide bonds. The van der Waals surface area contributed by atoms with Crippen LogP contribution in [0.25, 0.3) is 0 Å². The van der Waals surface area contributed by atoms with Gasteiger partial charge in [0.25, 0.3) is 5.91 Å². The molecule has 1 heterocycles. The van der Waals surface area contributed by atoms with Crippen molar-refractivity contribution in [3.8, 4) is 0 Å². The lowest BCUT2D eigenvalue weighted by atomic mass is 10.1. The number of thiazole rings is 1. The first-order chi connectivity index (χ1) is 9.20. The Kier molecular flexibility index (Phi) is 4.65. The number of aliphatic hydroxyl groups excluding tert-OH is 1. The Morgan fingerprint density at radius 1 is 1.42 bits per heavy atom. The standard InChI is InChI=1S/C14H16N2O2S/c1-10-13(19-9-15-10)14(18)16-12(8-17)7-11-5-3-2-4-6-11/h2-6,9,12,17H,7-8H2,1H3,(H,16,18)/t12-/m0/s1. The molecule has 0 saturated heterocycles. The van der Waals surface area contributed by atoms with Crippen LogP contribution in [0.3, 0.4) is 0 Å². The maximum Gasteiger partial charge on any atom is 0.263 e. The van der Waals surface area contributed by atoms with Gasteiger partial charge in [-0.2, -0.15) is 0 Å². The van der Waals surface area contributed by atoms with Gasteiger partial charge in [-0.3, -0.25) is 4.79 Å². The van der Waals surface area contributed by atoms with Crippen LogP contribution in [-0.2, 0) is 6.42 Å². The zero-order chi connectivity index (χ0) is 13.7. The summed E-state index contributed by atoms with van der Waals surface area (Å²) in [5.74, 6) is -0.171. The summed E-state index contributed by atoms with van der Waals surface area (Å²) in [5.41, 5.74) is 3.46. The van der Waals surface area contributed by atoms with Crippen molar-refractivity contribution in [1.82, 2.24) is 10.3 Å². The molecule has 0 aliphatic heterocycles. The summed E-state index contributed by atoms with van der Waals surface area (Å²) in [6.45, 7) is 1.72. The number of hydrogen-bond donors (Lipinski definition) is 2. The van der Waals surface area contributed by atoms with Gasteiger partial charge in [-0.05, 0) is 18.9 Å². The zero-order valence-electron chi connectivity index (χ0n) is 10.7. The predicted molar refractivity (Wildman–Crippen MR) is 75.3 cm³/mol. The van der Waals surface area contributed by atoms with E-state index in [1.165, 1.54) is 11.3 Å². The van der Waals surface area contributed by atoms with E-state index in [0.29, 0.717) is 11.3 Å². The average Bonchev–Trinajstić information content (AvgIpc) is 2.85. The Morgan fingerprint density at radius 3 is 2.74 bits per heavy atom. The summed E-state index contributed by atoms with van der Waals surface area (Å²) in [5, 5.41) is 12.2. The Balaban J connectivity index is 2.00. The molecule has 0 saturated carbocycles. The number of aliphatic hydroxyl groups is 1. The van der Waals surface area contributed by atoms with Crippen molar-refractivity contribution in [3.63, 3.8) is 0 Å². The second-order valence-electron chi connectivity index (χ2n) is 4.31. The lowest BCUT2D eigenvalue weighted by Crippen LogP contribution is -2.39. The van der Waals surface area contributed by atoms with E-state index in [1.54, 1.807) is 12.4 Å². The summed E-state index contributed by atoms with van der Waals surface area (Å²) < 4.78 is 0. The van der Waals surface area contributed by atoms with Gasteiger partial charge in [-0.1, -0.05) is 30.3 Å². The third-order valence-electron chi connectivity index (χ3n) is 2.83. The highest BCUT2D eigenvalue weighted by molar-refractivity contribution is 7.11. The second kappa shape index (κ2) is 6.45. The van der Waals surface area contributed by atoms with Crippen LogP contribution >= 0.6 is 11.3 Å². The minimum atomic E-state index is -0.281. The SMILES string of the molecule is Cc1ncsc1C(=O)N[C@H](CO)Cc1ccccc1. The van der Waals surface area contributed by atoms with Crippen molar-refractivity contribution in [2.45, 2.75) is 19.4 Å². The maximum absolute atomic E-state index is 12.0. The number of benzene rings is 1. The Hall–Kier alpha value is -1.72. The largest absolute Gasteiger partial charge is 0.394 e. The monoisotopic (exact) mass is 276 g/mol. The molecule has 4 nitrogen and oxygen atoms in total. The van der Waals surface area contributed by atoms with Gasteiger partial charge >= 0.3 is 0 Å². The highest BCUT2D eigenvalue weighted by atomic mass is 32.1. The third-order valence-corrected chi connectivity index (χ3v) is 3.76. The van der Waals surface area contributed by atoms with E-state index < -0.39 is 0 Å². The normalized spacial score (nSPS) is 12.1. The smallest absolute Gasteiger partial charge is 0.263 e. The van der Waals surface area contributed by atoms with Crippen LogP contribution in [-0.4, -0.2) is 28.6 Å². The fourth-order valence-electron chi connectivity index (χ4n) is 1.83. The molecule has 100 valence electrons. The molecule has 0 fully saturated rings. The molecule has 0 radical (unpaired) electrons.